The Morgan fingerprint density at radius 3 is 2.74 bits per heavy atom. The van der Waals surface area contributed by atoms with Crippen molar-refractivity contribution in [3.05, 3.63) is 40.2 Å². The van der Waals surface area contributed by atoms with Crippen LogP contribution in [-0.2, 0) is 12.4 Å². The van der Waals surface area contributed by atoms with Crippen molar-refractivity contribution in [2.75, 3.05) is 0 Å². The van der Waals surface area contributed by atoms with Crippen molar-refractivity contribution in [1.29, 1.82) is 0 Å². The predicted octanol–water partition coefficient (Wildman–Crippen LogP) is 3.00. The Morgan fingerprint density at radius 1 is 1.37 bits per heavy atom. The van der Waals surface area contributed by atoms with E-state index < -0.39 is 4.92 Å². The van der Waals surface area contributed by atoms with Crippen molar-refractivity contribution in [3.63, 3.8) is 0 Å². The number of benzene rings is 1. The minimum Gasteiger partial charge on any atom is -0.310 e. The molecule has 0 radical (unpaired) electrons. The first-order chi connectivity index (χ1) is 9.19. The van der Waals surface area contributed by atoms with Gasteiger partial charge in [-0.25, -0.2) is 0 Å². The van der Waals surface area contributed by atoms with Crippen molar-refractivity contribution >= 4 is 17.3 Å². The molecule has 0 saturated carbocycles. The number of halogens is 1. The zero-order chi connectivity index (χ0) is 13.8. The SMILES string of the molecule is CCCn1c(CCl)nnc1-c1ccccc1[N+](=O)[O-]. The Hall–Kier alpha value is -1.95. The minimum atomic E-state index is -0.416. The van der Waals surface area contributed by atoms with E-state index in [1.54, 1.807) is 18.2 Å². The quantitative estimate of drug-likeness (QED) is 0.479. The molecule has 0 bridgehead atoms. The number of para-hydroxylation sites is 1. The Balaban J connectivity index is 2.59. The first kappa shape index (κ1) is 13.5. The highest BCUT2D eigenvalue weighted by Crippen LogP contribution is 2.28. The molecule has 0 aliphatic carbocycles. The lowest BCUT2D eigenvalue weighted by molar-refractivity contribution is -0.384. The van der Waals surface area contributed by atoms with E-state index in [-0.39, 0.29) is 11.6 Å². The lowest BCUT2D eigenvalue weighted by Gasteiger charge is -2.07. The van der Waals surface area contributed by atoms with Gasteiger partial charge in [0.15, 0.2) is 5.82 Å². The van der Waals surface area contributed by atoms with Crippen molar-refractivity contribution in [2.45, 2.75) is 25.8 Å². The average Bonchev–Trinajstić information content (AvgIpc) is 2.82. The Labute approximate surface area is 115 Å². The summed E-state index contributed by atoms with van der Waals surface area (Å²) in [6.45, 7) is 2.69. The van der Waals surface area contributed by atoms with E-state index in [4.69, 9.17) is 11.6 Å². The Kier molecular flexibility index (Phi) is 4.11. The molecule has 2 rings (SSSR count). The number of hydrogen-bond acceptors (Lipinski definition) is 4. The fourth-order valence-electron chi connectivity index (χ4n) is 1.91. The van der Waals surface area contributed by atoms with Crippen molar-refractivity contribution < 1.29 is 4.92 Å². The second kappa shape index (κ2) is 5.79. The van der Waals surface area contributed by atoms with E-state index in [0.29, 0.717) is 23.8 Å². The summed E-state index contributed by atoms with van der Waals surface area (Å²) < 4.78 is 1.83. The highest BCUT2D eigenvalue weighted by atomic mass is 35.5. The molecular formula is C12H13ClN4O2. The molecule has 0 amide bonds. The van der Waals surface area contributed by atoms with Crippen molar-refractivity contribution in [3.8, 4) is 11.4 Å². The maximum absolute atomic E-state index is 11.1. The van der Waals surface area contributed by atoms with Crippen LogP contribution in [0.2, 0.25) is 0 Å². The van der Waals surface area contributed by atoms with Gasteiger partial charge in [0, 0.05) is 12.6 Å². The van der Waals surface area contributed by atoms with Gasteiger partial charge in [-0.2, -0.15) is 0 Å². The molecule has 0 aliphatic heterocycles. The van der Waals surface area contributed by atoms with E-state index in [1.165, 1.54) is 6.07 Å². The molecule has 0 fully saturated rings. The fraction of sp³-hybridized carbons (Fsp3) is 0.333. The van der Waals surface area contributed by atoms with Gasteiger partial charge in [-0.1, -0.05) is 19.1 Å². The zero-order valence-corrected chi connectivity index (χ0v) is 11.2. The van der Waals surface area contributed by atoms with Gasteiger partial charge in [-0.3, -0.25) is 10.1 Å². The third-order valence-electron chi connectivity index (χ3n) is 2.74. The highest BCUT2D eigenvalue weighted by molar-refractivity contribution is 6.16. The van der Waals surface area contributed by atoms with Gasteiger partial charge in [0.1, 0.15) is 5.82 Å². The first-order valence-electron chi connectivity index (χ1n) is 5.90. The van der Waals surface area contributed by atoms with Crippen LogP contribution in [0.25, 0.3) is 11.4 Å². The van der Waals surface area contributed by atoms with Crippen LogP contribution in [0.3, 0.4) is 0 Å². The number of nitro groups is 1. The molecule has 7 heteroatoms. The summed E-state index contributed by atoms with van der Waals surface area (Å²) >= 11 is 5.81. The molecule has 19 heavy (non-hydrogen) atoms. The van der Waals surface area contributed by atoms with Gasteiger partial charge >= 0.3 is 0 Å². The number of aromatic nitrogens is 3. The molecule has 0 saturated heterocycles. The molecule has 0 N–H and O–H groups in total. The summed E-state index contributed by atoms with van der Waals surface area (Å²) in [6.07, 6.45) is 0.871. The number of nitrogens with zero attached hydrogens (tertiary/aromatic N) is 4. The second-order valence-corrected chi connectivity index (χ2v) is 4.27. The molecule has 0 spiro atoms. The molecule has 1 heterocycles. The van der Waals surface area contributed by atoms with E-state index in [2.05, 4.69) is 10.2 Å². The standard InChI is InChI=1S/C12H13ClN4O2/c1-2-7-16-11(8-13)14-15-12(16)9-5-3-4-6-10(9)17(18)19/h3-6H,2,7-8H2,1H3. The van der Waals surface area contributed by atoms with Crippen LogP contribution in [0, 0.1) is 10.1 Å². The summed E-state index contributed by atoms with van der Waals surface area (Å²) in [4.78, 5) is 10.6. The van der Waals surface area contributed by atoms with E-state index in [0.717, 1.165) is 6.42 Å². The molecule has 0 atom stereocenters. The molecule has 2 aromatic rings. The van der Waals surface area contributed by atoms with Gasteiger partial charge in [0.2, 0.25) is 0 Å². The third kappa shape index (κ3) is 2.58. The van der Waals surface area contributed by atoms with Crippen LogP contribution < -0.4 is 0 Å². The van der Waals surface area contributed by atoms with Gasteiger partial charge in [-0.15, -0.1) is 21.8 Å². The zero-order valence-electron chi connectivity index (χ0n) is 10.4. The van der Waals surface area contributed by atoms with E-state index >= 15 is 0 Å². The van der Waals surface area contributed by atoms with Gasteiger partial charge in [-0.05, 0) is 12.5 Å². The Bertz CT molecular complexity index is 597. The van der Waals surface area contributed by atoms with Crippen LogP contribution in [-0.4, -0.2) is 19.7 Å². The van der Waals surface area contributed by atoms with Crippen LogP contribution in [0.5, 0.6) is 0 Å². The number of rotatable bonds is 5. The fourth-order valence-corrected chi connectivity index (χ4v) is 2.11. The molecule has 6 nitrogen and oxygen atoms in total. The van der Waals surface area contributed by atoms with Crippen LogP contribution >= 0.6 is 11.6 Å². The molecule has 1 aromatic heterocycles. The molecular weight excluding hydrogens is 268 g/mol. The summed E-state index contributed by atoms with van der Waals surface area (Å²) in [5, 5.41) is 19.1. The molecule has 1 aromatic carbocycles. The highest BCUT2D eigenvalue weighted by Gasteiger charge is 2.20. The lowest BCUT2D eigenvalue weighted by Crippen LogP contribution is -2.05. The summed E-state index contributed by atoms with van der Waals surface area (Å²) in [7, 11) is 0. The third-order valence-corrected chi connectivity index (χ3v) is 2.97. The summed E-state index contributed by atoms with van der Waals surface area (Å²) in [5.74, 6) is 1.34. The van der Waals surface area contributed by atoms with Crippen LogP contribution in [0.15, 0.2) is 24.3 Å². The molecule has 100 valence electrons. The van der Waals surface area contributed by atoms with Gasteiger partial charge < -0.3 is 4.57 Å². The average molecular weight is 281 g/mol. The van der Waals surface area contributed by atoms with Crippen molar-refractivity contribution in [2.24, 2.45) is 0 Å². The number of nitro benzene ring substituents is 1. The molecule has 0 aliphatic rings. The monoisotopic (exact) mass is 280 g/mol. The van der Waals surface area contributed by atoms with Crippen LogP contribution in [0.4, 0.5) is 5.69 Å². The molecule has 0 unspecified atom stereocenters. The van der Waals surface area contributed by atoms with Crippen molar-refractivity contribution in [1.82, 2.24) is 14.8 Å². The second-order valence-electron chi connectivity index (χ2n) is 4.00. The topological polar surface area (TPSA) is 73.8 Å². The summed E-state index contributed by atoms with van der Waals surface area (Å²) in [6, 6.07) is 6.51. The Morgan fingerprint density at radius 2 is 2.11 bits per heavy atom. The summed E-state index contributed by atoms with van der Waals surface area (Å²) in [5.41, 5.74) is 0.484. The number of hydrogen-bond donors (Lipinski definition) is 0. The largest absolute Gasteiger partial charge is 0.310 e. The van der Waals surface area contributed by atoms with E-state index in [9.17, 15) is 10.1 Å². The first-order valence-corrected chi connectivity index (χ1v) is 6.44. The normalized spacial score (nSPS) is 10.6. The maximum atomic E-state index is 11.1. The van der Waals surface area contributed by atoms with Gasteiger partial charge in [0.25, 0.3) is 5.69 Å². The lowest BCUT2D eigenvalue weighted by atomic mass is 10.1. The smallest absolute Gasteiger partial charge is 0.280 e. The van der Waals surface area contributed by atoms with E-state index in [1.807, 2.05) is 11.5 Å². The predicted molar refractivity (Wildman–Crippen MR) is 72.0 cm³/mol. The van der Waals surface area contributed by atoms with Crippen LogP contribution in [0.1, 0.15) is 19.2 Å². The van der Waals surface area contributed by atoms with Gasteiger partial charge in [0.05, 0.1) is 16.4 Å². The minimum absolute atomic E-state index is 0.0216. The maximum Gasteiger partial charge on any atom is 0.280 e. The number of alkyl halides is 1.